The Morgan fingerprint density at radius 3 is 1.52 bits per heavy atom. The number of carboxylic acids is 1. The normalized spacial score (nSPS) is 11.4. The molecule has 0 atom stereocenters. The fraction of sp³-hybridized carbons (Fsp3) is 0.318. The van der Waals surface area contributed by atoms with Crippen molar-refractivity contribution in [2.45, 2.75) is 99.4 Å². The summed E-state index contributed by atoms with van der Waals surface area (Å²) in [6.45, 7) is 36.0. The van der Waals surface area contributed by atoms with Crippen molar-refractivity contribution in [2.75, 3.05) is 40.0 Å². The molecule has 7 rings (SSSR count). The zero-order chi connectivity index (χ0) is 70.1. The number of hydrogen-bond acceptors (Lipinski definition) is 16. The third-order valence-electron chi connectivity index (χ3n) is 11.0. The number of ether oxygens (including phenoxy) is 6. The number of phenols is 2. The molecule has 94 heavy (non-hydrogen) atoms. The van der Waals surface area contributed by atoms with Gasteiger partial charge in [0.25, 0.3) is 6.47 Å². The summed E-state index contributed by atoms with van der Waals surface area (Å²) < 4.78 is 47.3. The van der Waals surface area contributed by atoms with E-state index in [1.165, 1.54) is 31.4 Å². The summed E-state index contributed by atoms with van der Waals surface area (Å²) in [5.74, 6) is -0.0163. The molecule has 502 valence electrons. The number of benzene rings is 5. The Balaban J connectivity index is -0.000000198. The number of allylic oxidation sites excluding steroid dienone is 2. The number of hydrogen-bond donors (Lipinski definition) is 4. The minimum absolute atomic E-state index is 0. The van der Waals surface area contributed by atoms with Gasteiger partial charge in [-0.1, -0.05) is 102 Å². The van der Waals surface area contributed by atoms with Crippen LogP contribution in [0.2, 0.25) is 25.1 Å². The number of carbonyl (C=O) groups excluding carboxylic acids is 4. The molecule has 0 unspecified atom stereocenters. The second-order valence-corrected chi connectivity index (χ2v) is 23.2. The minimum atomic E-state index is -1.15. The first-order chi connectivity index (χ1) is 42.4. The molecule has 0 aliphatic carbocycles. The Bertz CT molecular complexity index is 3390. The van der Waals surface area contributed by atoms with Gasteiger partial charge in [-0.05, 0) is 158 Å². The predicted molar refractivity (Wildman–Crippen MR) is 363 cm³/mol. The van der Waals surface area contributed by atoms with Gasteiger partial charge in [-0.3, -0.25) is 9.18 Å². The summed E-state index contributed by atoms with van der Waals surface area (Å²) in [6, 6.07) is 18.6. The Morgan fingerprint density at radius 2 is 1.09 bits per heavy atom. The van der Waals surface area contributed by atoms with Gasteiger partial charge in [-0.2, -0.15) is 0 Å². The van der Waals surface area contributed by atoms with Gasteiger partial charge in [0.15, 0.2) is 17.4 Å². The predicted octanol–water partition coefficient (Wildman–Crippen LogP) is 5.93. The maximum atomic E-state index is 12.0. The number of halogens is 7. The Labute approximate surface area is 692 Å². The van der Waals surface area contributed by atoms with Crippen molar-refractivity contribution >= 4 is 117 Å². The minimum Gasteiger partial charge on any atom is -1.00 e. The number of carbonyl (C=O) groups is 5. The number of alkyl halides is 2. The molecule has 0 aromatic heterocycles. The summed E-state index contributed by atoms with van der Waals surface area (Å²) in [5.41, 5.74) is 7.65. The fourth-order valence-corrected chi connectivity index (χ4v) is 8.43. The zero-order valence-electron chi connectivity index (χ0n) is 57.6. The molecule has 5 aromatic rings. The third-order valence-corrected chi connectivity index (χ3v) is 13.1. The van der Waals surface area contributed by atoms with E-state index >= 15 is 0 Å². The van der Waals surface area contributed by atoms with Gasteiger partial charge in [-0.15, -0.1) is 11.6 Å². The van der Waals surface area contributed by atoms with Crippen molar-refractivity contribution in [3.8, 4) is 28.7 Å². The molecule has 0 saturated heterocycles. The van der Waals surface area contributed by atoms with Crippen molar-refractivity contribution in [3.63, 3.8) is 0 Å². The van der Waals surface area contributed by atoms with E-state index in [2.05, 4.69) is 37.8 Å². The Morgan fingerprint density at radius 1 is 0.660 bits per heavy atom. The van der Waals surface area contributed by atoms with Crippen LogP contribution in [0.5, 0.6) is 28.7 Å². The number of esters is 3. The molecular weight excluding hydrogens is 1410 g/mol. The van der Waals surface area contributed by atoms with Gasteiger partial charge in [0.1, 0.15) is 59.8 Å². The maximum absolute atomic E-state index is 12.0. The molecule has 0 radical (unpaired) electrons. The molecule has 0 spiro atoms. The third kappa shape index (κ3) is 37.4. The van der Waals surface area contributed by atoms with Crippen molar-refractivity contribution in [2.24, 2.45) is 0 Å². The number of aliphatic hydroxyl groups is 1. The summed E-state index contributed by atoms with van der Waals surface area (Å²) in [4.78, 5) is 57.1. The van der Waals surface area contributed by atoms with Gasteiger partial charge in [0.05, 0.1) is 64.6 Å². The Hall–Kier alpha value is -2.86. The van der Waals surface area contributed by atoms with E-state index in [9.17, 15) is 33.8 Å². The molecule has 28 heteroatoms. The first-order valence-electron chi connectivity index (χ1n) is 27.2. The molecule has 0 bridgehead atoms. The van der Waals surface area contributed by atoms with Crippen LogP contribution in [-0.4, -0.2) is 119 Å². The van der Waals surface area contributed by atoms with Crippen LogP contribution >= 0.6 is 69.6 Å². The van der Waals surface area contributed by atoms with E-state index in [0.717, 1.165) is 68.5 Å². The van der Waals surface area contributed by atoms with Crippen LogP contribution in [0.15, 0.2) is 134 Å². The molecule has 0 fully saturated rings. The molecule has 2 aliphatic heterocycles. The van der Waals surface area contributed by atoms with Crippen LogP contribution in [-0.2, 0) is 49.8 Å². The number of aromatic hydroxyl groups is 2. The summed E-state index contributed by atoms with van der Waals surface area (Å²) >= 11 is 34.7. The summed E-state index contributed by atoms with van der Waals surface area (Å²) in [6.07, 6.45) is 1.83. The summed E-state index contributed by atoms with van der Waals surface area (Å²) in [7, 11) is 0.346. The smallest absolute Gasteiger partial charge is 1.00 e. The fourth-order valence-electron chi connectivity index (χ4n) is 7.29. The zero-order valence-corrected chi connectivity index (χ0v) is 65.4. The topological polar surface area (TPSA) is 254 Å². The van der Waals surface area contributed by atoms with Crippen LogP contribution in [0.1, 0.15) is 130 Å². The Kier molecular flexibility index (Phi) is 53.2. The number of methoxy groups -OCH3 is 1. The number of phenolic OH excluding ortho intramolecular Hbond substituents is 2. The standard InChI is InChI=1S/2C15H17ClO3.C12H13ClO3.C11H13ClO2.C7H5ClO3.C4H7Cl.CH3F.CH2O3.Al.2K.Li.5H/c1-10(2)8-18-12-5-6-14(16)13(7-12)15(17)19-9-11(3)4;1-9(2)7-11-13(17)6-5-12(16)14(11)15(18)19-8-10(3)4;1-12(2)6-7-9(16-12)5-4-8(13)10(7)11(14)15-3;1-11(2)5-7-8(6-13)9(12)3-4-10(7)14-11;8-6-2-1-4(9)3-5(6)7(10)11;1-4(2)3-5;1-2;2-1-4-3;;;;;;;;;/h5-7H,1,3,8-9H2,2,4H3;5-6,17H,1,3,7-8H2,2,4H3;4-5H,6H2,1-3H3;3-4,13H,5-6H2,1-2H3;1-3,9H,(H,10,11);1,3H2,2H3;1H3;1,3H;;;;;;;;;/q;;;;;;;;;3*+1;;;;2*-1/p-1/i;;;;;;1D;;;;;;;;;;. The van der Waals surface area contributed by atoms with Crippen LogP contribution in [0.25, 0.3) is 0 Å². The van der Waals surface area contributed by atoms with E-state index in [-0.39, 0.29) is 218 Å². The van der Waals surface area contributed by atoms with Gasteiger partial charge < -0.3 is 61.8 Å². The van der Waals surface area contributed by atoms with Crippen molar-refractivity contribution in [1.82, 2.24) is 0 Å². The van der Waals surface area contributed by atoms with Gasteiger partial charge in [0.2, 0.25) is 0 Å². The molecular formula is C66H81AlCl6FK2LiO17. The monoisotopic (exact) mass is 1490 g/mol. The number of rotatable bonds is 16. The number of fused-ring (bicyclic) bond motifs is 2. The van der Waals surface area contributed by atoms with E-state index in [1.807, 2.05) is 54.5 Å². The molecule has 5 aromatic carbocycles. The van der Waals surface area contributed by atoms with Gasteiger partial charge in [-0.25, -0.2) is 19.2 Å². The molecule has 0 saturated carbocycles. The molecule has 4 N–H and O–H groups in total. The first kappa shape index (κ1) is 97.5. The maximum Gasteiger partial charge on any atom is 1.00 e. The van der Waals surface area contributed by atoms with Crippen LogP contribution in [0.3, 0.4) is 0 Å². The van der Waals surface area contributed by atoms with Crippen molar-refractivity contribution < 1.29 is 213 Å². The van der Waals surface area contributed by atoms with Crippen LogP contribution < -0.4 is 141 Å². The average molecular weight is 1490 g/mol. The van der Waals surface area contributed by atoms with Crippen LogP contribution in [0, 0.1) is 0 Å². The first-order valence-corrected chi connectivity index (χ1v) is 28.9. The van der Waals surface area contributed by atoms with E-state index in [4.69, 9.17) is 120 Å². The second-order valence-electron chi connectivity index (χ2n) is 20.9. The number of carboxylic acid groups (broad SMARTS) is 1. The second kappa shape index (κ2) is 51.3. The van der Waals surface area contributed by atoms with Crippen LogP contribution in [0.4, 0.5) is 4.39 Å². The number of aromatic carboxylic acids is 1. The summed E-state index contributed by atoms with van der Waals surface area (Å²) in [5, 5.41) is 46.6. The average Bonchev–Trinajstić information content (AvgIpc) is 1.68. The van der Waals surface area contributed by atoms with Gasteiger partial charge in [0, 0.05) is 46.0 Å². The van der Waals surface area contributed by atoms with E-state index in [1.54, 1.807) is 50.2 Å². The SMILES string of the molecule is C=C(C)CCl.C=C(C)COC(=O)c1c(Cl)ccc(O)c1CC(=C)C.C=C(C)COC(=O)c1cc(OCC(=C)C)ccc1Cl.CC1(C)Cc2c(ccc(Cl)c2CO)O1.COC(=O)c1c(Cl)ccc2c1CC(C)(C)O2.O=C(O)c1cc(O)ccc1Cl.O=CO[O-].[2H]CF.[AlH3].[H-].[H-].[K+].[K+].[Li+]. The largest absolute Gasteiger partial charge is 1.00 e. The molecule has 0 amide bonds. The van der Waals surface area contributed by atoms with Crippen molar-refractivity contribution in [3.05, 3.63) is 203 Å². The molecule has 17 nitrogen and oxygen atoms in total. The van der Waals surface area contributed by atoms with E-state index < -0.39 is 31.0 Å². The number of aliphatic hydroxyl groups excluding tert-OH is 1. The quantitative estimate of drug-likeness (QED) is 0.0131. The molecule has 2 aliphatic rings. The van der Waals surface area contributed by atoms with Gasteiger partial charge >= 0.3 is 146 Å². The molecule has 2 heterocycles. The van der Waals surface area contributed by atoms with Crippen molar-refractivity contribution in [1.29, 1.82) is 0 Å². The van der Waals surface area contributed by atoms with E-state index in [0.29, 0.717) is 57.3 Å².